The van der Waals surface area contributed by atoms with Crippen LogP contribution in [-0.2, 0) is 24.3 Å². The average Bonchev–Trinajstić information content (AvgIpc) is 2.61. The molecule has 1 aliphatic heterocycles. The van der Waals surface area contributed by atoms with Crippen molar-refractivity contribution in [3.05, 3.63) is 23.8 Å². The number of carbonyl (C=O) groups is 2. The number of nitrogens with two attached hydrogens (primary N) is 1. The minimum Gasteiger partial charge on any atom is -0.370 e. The van der Waals surface area contributed by atoms with Crippen molar-refractivity contribution in [3.8, 4) is 0 Å². The number of unbranched alkanes of at least 4 members (excludes halogenated alkanes) is 1. The van der Waals surface area contributed by atoms with Crippen molar-refractivity contribution in [1.29, 1.82) is 0 Å². The van der Waals surface area contributed by atoms with Crippen LogP contribution in [0.25, 0.3) is 0 Å². The van der Waals surface area contributed by atoms with Gasteiger partial charge < -0.3 is 20.7 Å². The van der Waals surface area contributed by atoms with E-state index >= 15 is 0 Å². The van der Waals surface area contributed by atoms with Gasteiger partial charge in [-0.3, -0.25) is 9.59 Å². The summed E-state index contributed by atoms with van der Waals surface area (Å²) < 4.78 is 29.5. The number of hydrogen-bond donors (Lipinski definition) is 3. The van der Waals surface area contributed by atoms with Crippen molar-refractivity contribution in [2.45, 2.75) is 32.2 Å². The van der Waals surface area contributed by atoms with Crippen LogP contribution in [0.3, 0.4) is 0 Å². The summed E-state index contributed by atoms with van der Waals surface area (Å²) in [6, 6.07) is 4.67. The van der Waals surface area contributed by atoms with Crippen molar-refractivity contribution in [1.82, 2.24) is 4.72 Å². The molecule has 1 aliphatic rings. The first-order valence-electron chi connectivity index (χ1n) is 9.17. The lowest BCUT2D eigenvalue weighted by molar-refractivity contribution is -0.125. The minimum atomic E-state index is -3.19. The second kappa shape index (κ2) is 9.97. The highest BCUT2D eigenvalue weighted by molar-refractivity contribution is 7.88. The Hall–Kier alpha value is -2.01. The molecule has 1 aromatic rings. The largest absolute Gasteiger partial charge is 0.370 e. The highest BCUT2D eigenvalue weighted by Crippen LogP contribution is 2.25. The van der Waals surface area contributed by atoms with Crippen LogP contribution in [0.15, 0.2) is 18.2 Å². The maximum atomic E-state index is 12.3. The molecule has 10 heteroatoms. The zero-order chi connectivity index (χ0) is 20.7. The van der Waals surface area contributed by atoms with Gasteiger partial charge in [-0.25, -0.2) is 13.1 Å². The van der Waals surface area contributed by atoms with Gasteiger partial charge in [-0.15, -0.1) is 0 Å². The zero-order valence-electron chi connectivity index (χ0n) is 16.2. The molecule has 4 N–H and O–H groups in total. The van der Waals surface area contributed by atoms with Crippen molar-refractivity contribution in [2.75, 3.05) is 42.8 Å². The number of sulfonamides is 1. The van der Waals surface area contributed by atoms with Crippen LogP contribution in [0, 0.1) is 6.92 Å². The topological polar surface area (TPSA) is 131 Å². The van der Waals surface area contributed by atoms with Crippen molar-refractivity contribution < 1.29 is 22.7 Å². The third kappa shape index (κ3) is 6.86. The second-order valence-electron chi connectivity index (χ2n) is 6.86. The Balaban J connectivity index is 1.84. The van der Waals surface area contributed by atoms with Crippen molar-refractivity contribution >= 4 is 33.2 Å². The van der Waals surface area contributed by atoms with Crippen LogP contribution in [0.4, 0.5) is 11.4 Å². The molecule has 0 aliphatic carbocycles. The normalized spacial score (nSPS) is 16.1. The molecule has 156 valence electrons. The van der Waals surface area contributed by atoms with E-state index in [0.717, 1.165) is 17.5 Å². The van der Waals surface area contributed by atoms with Crippen molar-refractivity contribution in [3.63, 3.8) is 0 Å². The van der Waals surface area contributed by atoms with Gasteiger partial charge in [0, 0.05) is 24.5 Å². The van der Waals surface area contributed by atoms with E-state index in [1.54, 1.807) is 23.1 Å². The molecule has 1 unspecified atom stereocenters. The number of anilines is 2. The molecule has 2 amide bonds. The fraction of sp³-hybridized carbons (Fsp3) is 0.556. The molecule has 0 bridgehead atoms. The van der Waals surface area contributed by atoms with Gasteiger partial charge in [0.05, 0.1) is 18.9 Å². The Morgan fingerprint density at radius 2 is 2.11 bits per heavy atom. The van der Waals surface area contributed by atoms with Gasteiger partial charge in [-0.05, 0) is 43.5 Å². The van der Waals surface area contributed by atoms with Crippen LogP contribution in [0.5, 0.6) is 0 Å². The van der Waals surface area contributed by atoms with Crippen LogP contribution >= 0.6 is 0 Å². The summed E-state index contributed by atoms with van der Waals surface area (Å²) in [5, 5.41) is 2.79. The van der Waals surface area contributed by atoms with Gasteiger partial charge in [0.15, 0.2) is 0 Å². The van der Waals surface area contributed by atoms with Crippen LogP contribution in [0.2, 0.25) is 0 Å². The van der Waals surface area contributed by atoms with Crippen molar-refractivity contribution in [2.24, 2.45) is 5.73 Å². The van der Waals surface area contributed by atoms with E-state index in [2.05, 4.69) is 10.0 Å². The van der Waals surface area contributed by atoms with Gasteiger partial charge in [0.2, 0.25) is 15.9 Å². The van der Waals surface area contributed by atoms with Crippen LogP contribution in [-0.4, -0.2) is 58.8 Å². The molecular weight excluding hydrogens is 384 g/mol. The molecule has 2 rings (SSSR count). The monoisotopic (exact) mass is 412 g/mol. The summed E-state index contributed by atoms with van der Waals surface area (Å²) in [4.78, 5) is 25.9. The highest BCUT2D eigenvalue weighted by atomic mass is 32.2. The summed E-state index contributed by atoms with van der Waals surface area (Å²) >= 11 is 0. The first-order valence-corrected chi connectivity index (χ1v) is 11.1. The number of benzene rings is 1. The number of amides is 2. The van der Waals surface area contributed by atoms with Gasteiger partial charge in [0.1, 0.15) is 6.61 Å². The van der Waals surface area contributed by atoms with Gasteiger partial charge in [-0.1, -0.05) is 6.42 Å². The smallest absolute Gasteiger partial charge is 0.253 e. The minimum absolute atomic E-state index is 0.0759. The van der Waals surface area contributed by atoms with E-state index in [9.17, 15) is 18.0 Å². The summed E-state index contributed by atoms with van der Waals surface area (Å²) in [6.45, 7) is 3.28. The van der Waals surface area contributed by atoms with Crippen LogP contribution < -0.4 is 20.7 Å². The van der Waals surface area contributed by atoms with E-state index in [1.165, 1.54) is 0 Å². The molecule has 1 fully saturated rings. The number of carbonyl (C=O) groups excluding carboxylic acids is 2. The lowest BCUT2D eigenvalue weighted by atomic mass is 10.1. The lowest BCUT2D eigenvalue weighted by Crippen LogP contribution is -2.42. The molecule has 1 heterocycles. The molecular formula is C18H28N4O5S. The van der Waals surface area contributed by atoms with E-state index in [-0.39, 0.29) is 18.4 Å². The summed E-state index contributed by atoms with van der Waals surface area (Å²) in [7, 11) is -3.19. The Kier molecular flexibility index (Phi) is 7.93. The molecule has 1 saturated heterocycles. The summed E-state index contributed by atoms with van der Waals surface area (Å²) in [5.74, 6) is -0.385. The van der Waals surface area contributed by atoms with Gasteiger partial charge in [-0.2, -0.15) is 0 Å². The first kappa shape index (κ1) is 22.3. The average molecular weight is 413 g/mol. The predicted octanol–water partition coefficient (Wildman–Crippen LogP) is 0.344. The molecule has 0 spiro atoms. The Labute approximate surface area is 165 Å². The van der Waals surface area contributed by atoms with E-state index in [0.29, 0.717) is 44.6 Å². The third-order valence-electron chi connectivity index (χ3n) is 4.38. The lowest BCUT2D eigenvalue weighted by Gasteiger charge is -2.28. The van der Waals surface area contributed by atoms with Gasteiger partial charge >= 0.3 is 0 Å². The Morgan fingerprint density at radius 3 is 2.75 bits per heavy atom. The number of ether oxygens (including phenoxy) is 1. The van der Waals surface area contributed by atoms with E-state index in [4.69, 9.17) is 10.5 Å². The summed E-state index contributed by atoms with van der Waals surface area (Å²) in [6.07, 6.45) is 2.80. The number of aryl methyl sites for hydroxylation is 1. The Morgan fingerprint density at radius 1 is 1.36 bits per heavy atom. The standard InChI is InChI=1S/C18H28N4O5S/c1-13-11-14(6-7-16(13)22-9-10-27-12-17(22)23)21-18(24)15(19)5-3-4-8-20-28(2,25)26/h6-7,11,15,20H,3-5,8-10,12,19H2,1-2H3,(H,21,24). The Bertz CT molecular complexity index is 812. The first-order chi connectivity index (χ1) is 13.2. The van der Waals surface area contributed by atoms with Crippen LogP contribution in [0.1, 0.15) is 24.8 Å². The highest BCUT2D eigenvalue weighted by Gasteiger charge is 2.22. The second-order valence-corrected chi connectivity index (χ2v) is 8.69. The van der Waals surface area contributed by atoms with E-state index in [1.807, 2.05) is 6.92 Å². The molecule has 9 nitrogen and oxygen atoms in total. The summed E-state index contributed by atoms with van der Waals surface area (Å²) in [5.41, 5.74) is 8.20. The molecule has 0 saturated carbocycles. The number of nitrogens with one attached hydrogen (secondary N) is 2. The SMILES string of the molecule is Cc1cc(NC(=O)C(N)CCCCNS(C)(=O)=O)ccc1N1CCOCC1=O. The fourth-order valence-corrected chi connectivity index (χ4v) is 3.44. The molecule has 28 heavy (non-hydrogen) atoms. The fourth-order valence-electron chi connectivity index (χ4n) is 2.92. The number of hydrogen-bond acceptors (Lipinski definition) is 6. The maximum absolute atomic E-state index is 12.3. The van der Waals surface area contributed by atoms with Gasteiger partial charge in [0.25, 0.3) is 5.91 Å². The number of nitrogens with zero attached hydrogens (tertiary/aromatic N) is 1. The molecule has 0 radical (unpaired) electrons. The van der Waals surface area contributed by atoms with E-state index < -0.39 is 16.1 Å². The quantitative estimate of drug-likeness (QED) is 0.502. The molecule has 0 aromatic heterocycles. The molecule has 1 atom stereocenters. The zero-order valence-corrected chi connectivity index (χ0v) is 17.0. The maximum Gasteiger partial charge on any atom is 0.253 e. The predicted molar refractivity (Wildman–Crippen MR) is 108 cm³/mol. The third-order valence-corrected chi connectivity index (χ3v) is 5.11. The number of morpholine rings is 1. The molecule has 1 aromatic carbocycles. The number of rotatable bonds is 9.